The smallest absolute Gasteiger partial charge is 0.330 e. The predicted molar refractivity (Wildman–Crippen MR) is 149 cm³/mol. The van der Waals surface area contributed by atoms with Crippen LogP contribution in [0, 0.1) is 13.8 Å². The topological polar surface area (TPSA) is 52.6 Å². The number of hydrogen-bond acceptors (Lipinski definition) is 4. The number of rotatable bonds is 13. The van der Waals surface area contributed by atoms with Gasteiger partial charge in [0.15, 0.2) is 0 Å². The van der Waals surface area contributed by atoms with Crippen molar-refractivity contribution in [1.82, 2.24) is 0 Å². The molecule has 0 bridgehead atoms. The molecular formula is C33H36O4. The summed E-state index contributed by atoms with van der Waals surface area (Å²) in [5.74, 6) is -0.646. The lowest BCUT2D eigenvalue weighted by Gasteiger charge is -2.21. The second-order valence-corrected chi connectivity index (χ2v) is 9.21. The molecule has 0 heterocycles. The Kier molecular flexibility index (Phi) is 10.5. The maximum Gasteiger partial charge on any atom is 0.330 e. The Balaban J connectivity index is 1.75. The lowest BCUT2D eigenvalue weighted by molar-refractivity contribution is -0.138. The maximum absolute atomic E-state index is 11.2. The fourth-order valence-electron chi connectivity index (χ4n) is 4.29. The van der Waals surface area contributed by atoms with Gasteiger partial charge >= 0.3 is 11.9 Å². The van der Waals surface area contributed by atoms with Crippen LogP contribution in [-0.2, 0) is 31.9 Å². The van der Waals surface area contributed by atoms with Gasteiger partial charge in [-0.25, -0.2) is 9.59 Å². The monoisotopic (exact) mass is 496 g/mol. The number of benzene rings is 3. The molecule has 0 aliphatic heterocycles. The van der Waals surface area contributed by atoms with Crippen LogP contribution in [0.1, 0.15) is 57.7 Å². The van der Waals surface area contributed by atoms with Crippen LogP contribution in [0.2, 0.25) is 0 Å². The first kappa shape index (κ1) is 27.7. The Hall–Kier alpha value is -3.92. The van der Waals surface area contributed by atoms with Crippen molar-refractivity contribution in [3.63, 3.8) is 0 Å². The summed E-state index contributed by atoms with van der Waals surface area (Å²) in [6, 6.07) is 24.2. The summed E-state index contributed by atoms with van der Waals surface area (Å²) in [5, 5.41) is 0. The third kappa shape index (κ3) is 8.32. The Bertz CT molecular complexity index is 1130. The molecule has 4 heteroatoms. The number of esters is 2. The van der Waals surface area contributed by atoms with Gasteiger partial charge in [0.1, 0.15) is 0 Å². The molecule has 0 radical (unpaired) electrons. The van der Waals surface area contributed by atoms with Crippen molar-refractivity contribution in [3.05, 3.63) is 131 Å². The zero-order valence-electron chi connectivity index (χ0n) is 21.9. The average molecular weight is 497 g/mol. The van der Waals surface area contributed by atoms with Crippen molar-refractivity contribution in [1.29, 1.82) is 0 Å². The van der Waals surface area contributed by atoms with Crippen LogP contribution in [0.4, 0.5) is 0 Å². The van der Waals surface area contributed by atoms with Crippen molar-refractivity contribution >= 4 is 11.9 Å². The Labute approximate surface area is 220 Å². The molecule has 0 fully saturated rings. The summed E-state index contributed by atoms with van der Waals surface area (Å²) in [6.07, 6.45) is 5.61. The van der Waals surface area contributed by atoms with Crippen molar-refractivity contribution in [2.75, 3.05) is 13.2 Å². The highest BCUT2D eigenvalue weighted by Crippen LogP contribution is 2.33. The second kappa shape index (κ2) is 14.0. The first-order valence-electron chi connectivity index (χ1n) is 12.7. The molecule has 0 N–H and O–H groups in total. The van der Waals surface area contributed by atoms with E-state index in [0.717, 1.165) is 25.7 Å². The van der Waals surface area contributed by atoms with Crippen molar-refractivity contribution in [2.45, 2.75) is 45.4 Å². The first-order valence-corrected chi connectivity index (χ1v) is 12.7. The number of carbonyl (C=O) groups is 2. The van der Waals surface area contributed by atoms with Crippen molar-refractivity contribution in [2.24, 2.45) is 0 Å². The zero-order chi connectivity index (χ0) is 26.6. The molecule has 0 aliphatic rings. The van der Waals surface area contributed by atoms with E-state index < -0.39 is 0 Å². The minimum Gasteiger partial charge on any atom is -0.463 e. The number of aryl methyl sites for hydroxylation is 4. The van der Waals surface area contributed by atoms with Crippen molar-refractivity contribution < 1.29 is 19.1 Å². The van der Waals surface area contributed by atoms with Crippen LogP contribution in [0.5, 0.6) is 0 Å². The Morgan fingerprint density at radius 2 is 1.11 bits per heavy atom. The highest BCUT2D eigenvalue weighted by atomic mass is 16.5. The van der Waals surface area contributed by atoms with Gasteiger partial charge in [-0.1, -0.05) is 79.9 Å². The molecule has 192 valence electrons. The summed E-state index contributed by atoms with van der Waals surface area (Å²) in [7, 11) is 0. The molecule has 0 spiro atoms. The second-order valence-electron chi connectivity index (χ2n) is 9.21. The van der Waals surface area contributed by atoms with E-state index in [9.17, 15) is 9.59 Å². The lowest BCUT2D eigenvalue weighted by atomic mass is 9.83. The van der Waals surface area contributed by atoms with Crippen LogP contribution in [-0.4, -0.2) is 25.2 Å². The normalized spacial score (nSPS) is 10.7. The molecular weight excluding hydrogens is 460 g/mol. The van der Waals surface area contributed by atoms with Gasteiger partial charge in [0, 0.05) is 18.1 Å². The van der Waals surface area contributed by atoms with Gasteiger partial charge in [0.25, 0.3) is 0 Å². The molecule has 37 heavy (non-hydrogen) atoms. The first-order chi connectivity index (χ1) is 17.9. The molecule has 0 unspecified atom stereocenters. The third-order valence-corrected chi connectivity index (χ3v) is 6.53. The predicted octanol–water partition coefficient (Wildman–Crippen LogP) is 6.81. The molecule has 0 aromatic heterocycles. The third-order valence-electron chi connectivity index (χ3n) is 6.53. The van der Waals surface area contributed by atoms with E-state index in [1.807, 2.05) is 0 Å². The van der Waals surface area contributed by atoms with Gasteiger partial charge in [0.05, 0.1) is 13.2 Å². The van der Waals surface area contributed by atoms with Gasteiger partial charge in [-0.15, -0.1) is 0 Å². The van der Waals surface area contributed by atoms with Gasteiger partial charge in [0.2, 0.25) is 0 Å². The van der Waals surface area contributed by atoms with E-state index in [1.165, 1.54) is 51.1 Å². The zero-order valence-corrected chi connectivity index (χ0v) is 21.9. The quantitative estimate of drug-likeness (QED) is 0.113. The minimum absolute atomic E-state index is 0.115. The molecule has 3 aromatic rings. The number of hydrogen-bond donors (Lipinski definition) is 0. The molecule has 0 saturated carbocycles. The standard InChI is InChI=1S/C33H36O4/c1-5-31(34)36-21-7-9-26-12-17-28(18-13-26)33(30-16-11-24(3)25(4)23-30)29-19-14-27(15-20-29)10-8-22-37-32(35)6-2/h5-6,11-20,23,33H,1-2,7-10,21-22H2,3-4H3. The van der Waals surface area contributed by atoms with Crippen LogP contribution in [0.25, 0.3) is 0 Å². The van der Waals surface area contributed by atoms with Gasteiger partial charge in [-0.3, -0.25) is 0 Å². The maximum atomic E-state index is 11.2. The SMILES string of the molecule is C=CC(=O)OCCCc1ccc(C(c2ccc(CCCOC(=O)C=C)cc2)c2ccc(C)c(C)c2)cc1. The summed E-state index contributed by atoms with van der Waals surface area (Å²) in [6.45, 7) is 11.9. The highest BCUT2D eigenvalue weighted by Gasteiger charge is 2.17. The summed E-state index contributed by atoms with van der Waals surface area (Å²) < 4.78 is 10.2. The van der Waals surface area contributed by atoms with E-state index in [-0.39, 0.29) is 17.9 Å². The Morgan fingerprint density at radius 3 is 1.51 bits per heavy atom. The fraction of sp³-hybridized carbons (Fsp3) is 0.273. The molecule has 3 rings (SSSR count). The molecule has 4 nitrogen and oxygen atoms in total. The summed E-state index contributed by atoms with van der Waals surface area (Å²) >= 11 is 0. The average Bonchev–Trinajstić information content (AvgIpc) is 2.92. The Morgan fingerprint density at radius 1 is 0.676 bits per heavy atom. The van der Waals surface area contributed by atoms with Crippen LogP contribution in [0.15, 0.2) is 92.0 Å². The van der Waals surface area contributed by atoms with E-state index in [4.69, 9.17) is 9.47 Å². The van der Waals surface area contributed by atoms with Crippen LogP contribution < -0.4 is 0 Å². The van der Waals surface area contributed by atoms with Gasteiger partial charge in [-0.2, -0.15) is 0 Å². The molecule has 0 saturated heterocycles. The van der Waals surface area contributed by atoms with E-state index >= 15 is 0 Å². The number of carbonyl (C=O) groups excluding carboxylic acids is 2. The summed E-state index contributed by atoms with van der Waals surface area (Å²) in [4.78, 5) is 22.4. The van der Waals surface area contributed by atoms with E-state index in [2.05, 4.69) is 93.7 Å². The van der Waals surface area contributed by atoms with Crippen molar-refractivity contribution in [3.8, 4) is 0 Å². The molecule has 3 aromatic carbocycles. The van der Waals surface area contributed by atoms with Gasteiger partial charge < -0.3 is 9.47 Å². The summed E-state index contributed by atoms with van der Waals surface area (Å²) in [5.41, 5.74) is 8.70. The molecule has 0 atom stereocenters. The fourth-order valence-corrected chi connectivity index (χ4v) is 4.29. The molecule has 0 aliphatic carbocycles. The number of ether oxygens (including phenoxy) is 2. The lowest BCUT2D eigenvalue weighted by Crippen LogP contribution is -2.06. The largest absolute Gasteiger partial charge is 0.463 e. The minimum atomic E-state index is -0.381. The van der Waals surface area contributed by atoms with E-state index in [0.29, 0.717) is 13.2 Å². The van der Waals surface area contributed by atoms with E-state index in [1.54, 1.807) is 0 Å². The van der Waals surface area contributed by atoms with Gasteiger partial charge in [-0.05, 0) is 78.5 Å². The molecule has 0 amide bonds. The highest BCUT2D eigenvalue weighted by molar-refractivity contribution is 5.81. The van der Waals surface area contributed by atoms with Crippen LogP contribution >= 0.6 is 0 Å². The van der Waals surface area contributed by atoms with Crippen LogP contribution in [0.3, 0.4) is 0 Å².